The van der Waals surface area contributed by atoms with E-state index < -0.39 is 0 Å². The van der Waals surface area contributed by atoms with Gasteiger partial charge in [-0.1, -0.05) is 37.3 Å². The first-order chi connectivity index (χ1) is 10.1. The first kappa shape index (κ1) is 16.0. The van der Waals surface area contributed by atoms with Crippen molar-refractivity contribution < 1.29 is 4.79 Å². The molecule has 21 heavy (non-hydrogen) atoms. The van der Waals surface area contributed by atoms with Gasteiger partial charge in [-0.15, -0.1) is 0 Å². The second kappa shape index (κ2) is 7.59. The third-order valence-corrected chi connectivity index (χ3v) is 4.46. The Labute approximate surface area is 139 Å². The van der Waals surface area contributed by atoms with Gasteiger partial charge >= 0.3 is 0 Å². The molecule has 5 heteroatoms. The van der Waals surface area contributed by atoms with Crippen molar-refractivity contribution in [3.63, 3.8) is 0 Å². The Morgan fingerprint density at radius 2 is 2.10 bits per heavy atom. The van der Waals surface area contributed by atoms with Crippen LogP contribution in [0, 0.1) is 10.5 Å². The number of hydrogen-bond acceptors (Lipinski definition) is 2. The van der Waals surface area contributed by atoms with Crippen molar-refractivity contribution in [2.75, 3.05) is 0 Å². The molecule has 4 nitrogen and oxygen atoms in total. The molecule has 0 aliphatic rings. The molecule has 112 valence electrons. The van der Waals surface area contributed by atoms with Gasteiger partial charge in [0.2, 0.25) is 5.91 Å². The van der Waals surface area contributed by atoms with E-state index in [1.54, 1.807) is 0 Å². The third-order valence-electron chi connectivity index (χ3n) is 3.40. The Hall–Kier alpha value is -1.37. The summed E-state index contributed by atoms with van der Waals surface area (Å²) in [6.45, 7) is 4.67. The second-order valence-corrected chi connectivity index (χ2v) is 6.18. The zero-order valence-electron chi connectivity index (χ0n) is 12.3. The normalized spacial score (nSPS) is 12.1. The zero-order chi connectivity index (χ0) is 15.2. The van der Waals surface area contributed by atoms with Gasteiger partial charge in [0.05, 0.1) is 15.3 Å². The van der Waals surface area contributed by atoms with Gasteiger partial charge in [-0.2, -0.15) is 5.10 Å². The minimum atomic E-state index is 0.0638. The van der Waals surface area contributed by atoms with Crippen LogP contribution in [0.15, 0.2) is 36.5 Å². The smallest absolute Gasteiger partial charge is 0.222 e. The van der Waals surface area contributed by atoms with Crippen LogP contribution in [-0.4, -0.2) is 15.7 Å². The molecule has 0 spiro atoms. The van der Waals surface area contributed by atoms with Gasteiger partial charge in [-0.3, -0.25) is 9.48 Å². The molecule has 0 aliphatic carbocycles. The number of nitrogens with one attached hydrogen (secondary N) is 1. The highest BCUT2D eigenvalue weighted by Gasteiger charge is 2.12. The summed E-state index contributed by atoms with van der Waals surface area (Å²) in [5.74, 6) is 0.0638. The van der Waals surface area contributed by atoms with Crippen LogP contribution in [0.5, 0.6) is 0 Å². The number of amides is 1. The van der Waals surface area contributed by atoms with Gasteiger partial charge in [0.15, 0.2) is 0 Å². The van der Waals surface area contributed by atoms with E-state index in [1.807, 2.05) is 48.1 Å². The van der Waals surface area contributed by atoms with Crippen LogP contribution in [0.4, 0.5) is 0 Å². The molecule has 1 aromatic carbocycles. The van der Waals surface area contributed by atoms with Crippen molar-refractivity contribution in [3.05, 3.63) is 51.4 Å². The maximum Gasteiger partial charge on any atom is 0.222 e. The van der Waals surface area contributed by atoms with Crippen LogP contribution in [0.1, 0.15) is 37.1 Å². The van der Waals surface area contributed by atoms with Gasteiger partial charge in [0.25, 0.3) is 0 Å². The summed E-state index contributed by atoms with van der Waals surface area (Å²) in [4.78, 5) is 12.1. The summed E-state index contributed by atoms with van der Waals surface area (Å²) < 4.78 is 2.96. The number of hydrogen-bond donors (Lipinski definition) is 1. The Bertz CT molecular complexity index is 575. The summed E-state index contributed by atoms with van der Waals surface area (Å²) >= 11 is 2.25. The SMILES string of the molecule is CCC(NC(=O)CCn1cc(I)c(C)n1)c1ccccc1. The molecule has 0 aliphatic heterocycles. The largest absolute Gasteiger partial charge is 0.349 e. The highest BCUT2D eigenvalue weighted by Crippen LogP contribution is 2.16. The van der Waals surface area contributed by atoms with Crippen molar-refractivity contribution in [2.45, 2.75) is 39.3 Å². The van der Waals surface area contributed by atoms with E-state index in [9.17, 15) is 4.79 Å². The van der Waals surface area contributed by atoms with Gasteiger partial charge in [0.1, 0.15) is 0 Å². The highest BCUT2D eigenvalue weighted by atomic mass is 127. The first-order valence-electron chi connectivity index (χ1n) is 7.14. The van der Waals surface area contributed by atoms with Crippen molar-refractivity contribution >= 4 is 28.5 Å². The monoisotopic (exact) mass is 397 g/mol. The van der Waals surface area contributed by atoms with Crippen LogP contribution < -0.4 is 5.32 Å². The van der Waals surface area contributed by atoms with E-state index in [0.717, 1.165) is 21.2 Å². The first-order valence-corrected chi connectivity index (χ1v) is 8.22. The van der Waals surface area contributed by atoms with Gasteiger partial charge in [-0.25, -0.2) is 0 Å². The lowest BCUT2D eigenvalue weighted by Crippen LogP contribution is -2.28. The Morgan fingerprint density at radius 3 is 2.67 bits per heavy atom. The molecule has 0 bridgehead atoms. The van der Waals surface area contributed by atoms with E-state index in [1.165, 1.54) is 0 Å². The van der Waals surface area contributed by atoms with E-state index in [4.69, 9.17) is 0 Å². The summed E-state index contributed by atoms with van der Waals surface area (Å²) in [7, 11) is 0. The number of aryl methyl sites for hydroxylation is 2. The molecule has 1 unspecified atom stereocenters. The zero-order valence-corrected chi connectivity index (χ0v) is 14.5. The number of nitrogens with zero attached hydrogens (tertiary/aromatic N) is 2. The maximum absolute atomic E-state index is 12.1. The van der Waals surface area contributed by atoms with E-state index in [-0.39, 0.29) is 11.9 Å². The molecule has 1 N–H and O–H groups in total. The minimum Gasteiger partial charge on any atom is -0.349 e. The average molecular weight is 397 g/mol. The molecule has 0 saturated carbocycles. The minimum absolute atomic E-state index is 0.0638. The molecule has 1 heterocycles. The Kier molecular flexibility index (Phi) is 5.78. The van der Waals surface area contributed by atoms with Crippen LogP contribution in [-0.2, 0) is 11.3 Å². The topological polar surface area (TPSA) is 46.9 Å². The van der Waals surface area contributed by atoms with Gasteiger partial charge < -0.3 is 5.32 Å². The summed E-state index contributed by atoms with van der Waals surface area (Å²) in [5, 5.41) is 7.46. The number of rotatable bonds is 6. The van der Waals surface area contributed by atoms with Gasteiger partial charge in [-0.05, 0) is 41.5 Å². The fourth-order valence-corrected chi connectivity index (χ4v) is 2.63. The number of aromatic nitrogens is 2. The van der Waals surface area contributed by atoms with Crippen LogP contribution in [0.2, 0.25) is 0 Å². The lowest BCUT2D eigenvalue weighted by Gasteiger charge is -2.17. The standard InChI is InChI=1S/C16H20IN3O/c1-3-15(13-7-5-4-6-8-13)18-16(21)9-10-20-11-14(17)12(2)19-20/h4-8,11,15H,3,9-10H2,1-2H3,(H,18,21). The molecule has 2 rings (SSSR count). The highest BCUT2D eigenvalue weighted by molar-refractivity contribution is 14.1. The van der Waals surface area contributed by atoms with Crippen LogP contribution in [0.3, 0.4) is 0 Å². The summed E-state index contributed by atoms with van der Waals surface area (Å²) in [6.07, 6.45) is 3.30. The molecule has 0 fully saturated rings. The quantitative estimate of drug-likeness (QED) is 0.760. The molecule has 1 atom stereocenters. The molecule has 0 radical (unpaired) electrons. The van der Waals surface area contributed by atoms with Crippen molar-refractivity contribution in [2.24, 2.45) is 0 Å². The Morgan fingerprint density at radius 1 is 1.38 bits per heavy atom. The molecule has 2 aromatic rings. The number of halogens is 1. The number of carbonyl (C=O) groups excluding carboxylic acids is 1. The van der Waals surface area contributed by atoms with Gasteiger partial charge in [0, 0.05) is 19.2 Å². The summed E-state index contributed by atoms with van der Waals surface area (Å²) in [6, 6.07) is 10.2. The molecular formula is C16H20IN3O. The third kappa shape index (κ3) is 4.56. The van der Waals surface area contributed by atoms with Crippen molar-refractivity contribution in [1.82, 2.24) is 15.1 Å². The fraction of sp³-hybridized carbons (Fsp3) is 0.375. The van der Waals surface area contributed by atoms with E-state index in [2.05, 4.69) is 39.9 Å². The number of carbonyl (C=O) groups is 1. The fourth-order valence-electron chi connectivity index (χ4n) is 2.20. The van der Waals surface area contributed by atoms with Crippen LogP contribution >= 0.6 is 22.6 Å². The molecule has 1 aromatic heterocycles. The summed E-state index contributed by atoms with van der Waals surface area (Å²) in [5.41, 5.74) is 2.16. The number of benzene rings is 1. The Balaban J connectivity index is 1.88. The molecular weight excluding hydrogens is 377 g/mol. The lowest BCUT2D eigenvalue weighted by molar-refractivity contribution is -0.122. The molecule has 1 amide bonds. The van der Waals surface area contributed by atoms with Crippen LogP contribution in [0.25, 0.3) is 0 Å². The van der Waals surface area contributed by atoms with Crippen molar-refractivity contribution in [1.29, 1.82) is 0 Å². The molecule has 0 saturated heterocycles. The lowest BCUT2D eigenvalue weighted by atomic mass is 10.0. The maximum atomic E-state index is 12.1. The average Bonchev–Trinajstić information content (AvgIpc) is 2.82. The predicted octanol–water partition coefficient (Wildman–Crippen LogP) is 3.45. The van der Waals surface area contributed by atoms with Crippen molar-refractivity contribution in [3.8, 4) is 0 Å². The second-order valence-electron chi connectivity index (χ2n) is 5.01. The van der Waals surface area contributed by atoms with E-state index >= 15 is 0 Å². The van der Waals surface area contributed by atoms with E-state index in [0.29, 0.717) is 13.0 Å². The predicted molar refractivity (Wildman–Crippen MR) is 91.9 cm³/mol.